The third-order valence-corrected chi connectivity index (χ3v) is 3.67. The molecule has 0 bridgehead atoms. The van der Waals surface area contributed by atoms with Crippen molar-refractivity contribution >= 4 is 28.8 Å². The summed E-state index contributed by atoms with van der Waals surface area (Å²) in [5.41, 5.74) is 10.1. The molecular formula is C17H18N2OS. The number of rotatable bonds is 3. The molecule has 0 radical (unpaired) electrons. The van der Waals surface area contributed by atoms with Crippen LogP contribution >= 0.6 is 12.2 Å². The number of benzene rings is 2. The first-order valence-corrected chi connectivity index (χ1v) is 7.06. The average Bonchev–Trinajstić information content (AvgIpc) is 2.46. The maximum Gasteiger partial charge on any atom is 0.258 e. The molecule has 21 heavy (non-hydrogen) atoms. The van der Waals surface area contributed by atoms with Crippen LogP contribution in [-0.4, -0.2) is 17.9 Å². The number of nitrogens with zero attached hydrogens (tertiary/aromatic N) is 1. The molecule has 0 saturated carbocycles. The first-order chi connectivity index (χ1) is 9.90. The maximum absolute atomic E-state index is 12.5. The second-order valence-corrected chi connectivity index (χ2v) is 5.54. The van der Waals surface area contributed by atoms with Crippen molar-refractivity contribution in [1.29, 1.82) is 0 Å². The van der Waals surface area contributed by atoms with Gasteiger partial charge in [-0.1, -0.05) is 42.0 Å². The zero-order valence-corrected chi connectivity index (χ0v) is 13.2. The number of thiocarbonyl (C=S) groups is 1. The Morgan fingerprint density at radius 3 is 2.14 bits per heavy atom. The Bertz CT molecular complexity index is 692. The lowest BCUT2D eigenvalue weighted by atomic mass is 10.1. The van der Waals surface area contributed by atoms with Crippen LogP contribution in [0.2, 0.25) is 0 Å². The number of carbonyl (C=O) groups is 1. The molecule has 2 aromatic rings. The Labute approximate surface area is 130 Å². The zero-order valence-electron chi connectivity index (χ0n) is 12.4. The Morgan fingerprint density at radius 1 is 1.05 bits per heavy atom. The van der Waals surface area contributed by atoms with Crippen molar-refractivity contribution in [2.45, 2.75) is 13.8 Å². The highest BCUT2D eigenvalue weighted by molar-refractivity contribution is 7.80. The Balaban J connectivity index is 2.28. The van der Waals surface area contributed by atoms with Crippen LogP contribution in [0.15, 0.2) is 42.5 Å². The molecule has 2 N–H and O–H groups in total. The number of aryl methyl sites for hydroxylation is 2. The van der Waals surface area contributed by atoms with E-state index in [1.807, 2.05) is 26.0 Å². The number of anilines is 1. The highest BCUT2D eigenvalue weighted by atomic mass is 32.1. The normalized spacial score (nSPS) is 10.2. The van der Waals surface area contributed by atoms with E-state index in [1.165, 1.54) is 5.56 Å². The van der Waals surface area contributed by atoms with E-state index in [9.17, 15) is 4.79 Å². The van der Waals surface area contributed by atoms with Crippen molar-refractivity contribution in [2.75, 3.05) is 11.9 Å². The quantitative estimate of drug-likeness (QED) is 0.885. The lowest BCUT2D eigenvalue weighted by molar-refractivity contribution is 0.0993. The van der Waals surface area contributed by atoms with Gasteiger partial charge in [0.1, 0.15) is 4.99 Å². The molecule has 4 heteroatoms. The Kier molecular flexibility index (Phi) is 4.38. The molecule has 2 rings (SSSR count). The Morgan fingerprint density at radius 2 is 1.62 bits per heavy atom. The van der Waals surface area contributed by atoms with Gasteiger partial charge in [0.2, 0.25) is 0 Å². The fourth-order valence-corrected chi connectivity index (χ4v) is 2.40. The van der Waals surface area contributed by atoms with Crippen LogP contribution in [0, 0.1) is 13.8 Å². The van der Waals surface area contributed by atoms with E-state index in [-0.39, 0.29) is 5.91 Å². The van der Waals surface area contributed by atoms with Crippen LogP contribution < -0.4 is 10.6 Å². The van der Waals surface area contributed by atoms with Crippen LogP contribution in [-0.2, 0) is 0 Å². The monoisotopic (exact) mass is 298 g/mol. The van der Waals surface area contributed by atoms with Gasteiger partial charge in [-0.25, -0.2) is 0 Å². The molecule has 1 amide bonds. The fourth-order valence-electron chi connectivity index (χ4n) is 2.26. The van der Waals surface area contributed by atoms with Gasteiger partial charge in [0.15, 0.2) is 0 Å². The minimum Gasteiger partial charge on any atom is -0.389 e. The number of hydrogen-bond donors (Lipinski definition) is 1. The molecule has 0 atom stereocenters. The standard InChI is InChI=1S/C17H18N2OS/c1-11-4-9-15(12(2)10-11)19(3)17(20)14-7-5-13(6-8-14)16(18)21/h4-10H,1-3H3,(H2,18,21). The molecule has 108 valence electrons. The molecule has 0 aliphatic rings. The summed E-state index contributed by atoms with van der Waals surface area (Å²) < 4.78 is 0. The highest BCUT2D eigenvalue weighted by Gasteiger charge is 2.15. The van der Waals surface area contributed by atoms with Crippen molar-refractivity contribution in [3.63, 3.8) is 0 Å². The van der Waals surface area contributed by atoms with Crippen LogP contribution in [0.5, 0.6) is 0 Å². The first-order valence-electron chi connectivity index (χ1n) is 6.65. The largest absolute Gasteiger partial charge is 0.389 e. The van der Waals surface area contributed by atoms with E-state index in [1.54, 1.807) is 36.2 Å². The molecule has 0 fully saturated rings. The third-order valence-electron chi connectivity index (χ3n) is 3.43. The summed E-state index contributed by atoms with van der Waals surface area (Å²) in [5.74, 6) is -0.0588. The molecule has 0 aliphatic carbocycles. The zero-order chi connectivity index (χ0) is 15.6. The Hall–Kier alpha value is -2.20. The van der Waals surface area contributed by atoms with Gasteiger partial charge in [0.25, 0.3) is 5.91 Å². The van der Waals surface area contributed by atoms with Gasteiger partial charge in [-0.05, 0) is 37.6 Å². The van der Waals surface area contributed by atoms with Gasteiger partial charge in [0.05, 0.1) is 0 Å². The minimum absolute atomic E-state index is 0.0588. The average molecular weight is 298 g/mol. The summed E-state index contributed by atoms with van der Waals surface area (Å²) in [5, 5.41) is 0. The topological polar surface area (TPSA) is 46.3 Å². The molecule has 0 aliphatic heterocycles. The van der Waals surface area contributed by atoms with Crippen molar-refractivity contribution in [1.82, 2.24) is 0 Å². The lowest BCUT2D eigenvalue weighted by Crippen LogP contribution is -2.27. The maximum atomic E-state index is 12.5. The fraction of sp³-hybridized carbons (Fsp3) is 0.176. The molecule has 0 unspecified atom stereocenters. The summed E-state index contributed by atoms with van der Waals surface area (Å²) in [6, 6.07) is 13.1. The smallest absolute Gasteiger partial charge is 0.258 e. The summed E-state index contributed by atoms with van der Waals surface area (Å²) >= 11 is 4.91. The van der Waals surface area contributed by atoms with Gasteiger partial charge in [-0.2, -0.15) is 0 Å². The van der Waals surface area contributed by atoms with E-state index in [4.69, 9.17) is 18.0 Å². The van der Waals surface area contributed by atoms with Crippen molar-refractivity contribution in [3.8, 4) is 0 Å². The van der Waals surface area contributed by atoms with E-state index in [0.29, 0.717) is 10.6 Å². The second-order valence-electron chi connectivity index (χ2n) is 5.10. The van der Waals surface area contributed by atoms with Gasteiger partial charge in [0, 0.05) is 23.9 Å². The van der Waals surface area contributed by atoms with Crippen LogP contribution in [0.25, 0.3) is 0 Å². The molecule has 0 saturated heterocycles. The second kappa shape index (κ2) is 6.06. The van der Waals surface area contributed by atoms with Crippen molar-refractivity contribution in [3.05, 3.63) is 64.7 Å². The predicted molar refractivity (Wildman–Crippen MR) is 91.0 cm³/mol. The lowest BCUT2D eigenvalue weighted by Gasteiger charge is -2.20. The van der Waals surface area contributed by atoms with E-state index in [0.717, 1.165) is 16.8 Å². The minimum atomic E-state index is -0.0588. The van der Waals surface area contributed by atoms with Crippen LogP contribution in [0.1, 0.15) is 27.0 Å². The van der Waals surface area contributed by atoms with Crippen molar-refractivity contribution < 1.29 is 4.79 Å². The predicted octanol–water partition coefficient (Wildman–Crippen LogP) is 3.21. The number of amides is 1. The molecule has 3 nitrogen and oxygen atoms in total. The number of carbonyl (C=O) groups excluding carboxylic acids is 1. The summed E-state index contributed by atoms with van der Waals surface area (Å²) in [6.07, 6.45) is 0. The first kappa shape index (κ1) is 15.2. The SMILES string of the molecule is Cc1ccc(N(C)C(=O)c2ccc(C(N)=S)cc2)c(C)c1. The molecule has 0 heterocycles. The summed E-state index contributed by atoms with van der Waals surface area (Å²) in [7, 11) is 1.78. The van der Waals surface area contributed by atoms with E-state index in [2.05, 4.69) is 6.07 Å². The van der Waals surface area contributed by atoms with Crippen LogP contribution in [0.3, 0.4) is 0 Å². The molecule has 0 spiro atoms. The van der Waals surface area contributed by atoms with Gasteiger partial charge in [-0.15, -0.1) is 0 Å². The number of hydrogen-bond acceptors (Lipinski definition) is 2. The van der Waals surface area contributed by atoms with Gasteiger partial charge >= 0.3 is 0 Å². The van der Waals surface area contributed by atoms with Crippen LogP contribution in [0.4, 0.5) is 5.69 Å². The van der Waals surface area contributed by atoms with E-state index >= 15 is 0 Å². The molecule has 0 aromatic heterocycles. The van der Waals surface area contributed by atoms with Gasteiger partial charge in [-0.3, -0.25) is 4.79 Å². The molecular weight excluding hydrogens is 280 g/mol. The van der Waals surface area contributed by atoms with E-state index < -0.39 is 0 Å². The highest BCUT2D eigenvalue weighted by Crippen LogP contribution is 2.21. The number of nitrogens with two attached hydrogens (primary N) is 1. The molecule has 2 aromatic carbocycles. The summed E-state index contributed by atoms with van der Waals surface area (Å²) in [6.45, 7) is 4.04. The van der Waals surface area contributed by atoms with Crippen molar-refractivity contribution in [2.24, 2.45) is 5.73 Å². The third kappa shape index (κ3) is 3.28. The summed E-state index contributed by atoms with van der Waals surface area (Å²) in [4.78, 5) is 14.5. The van der Waals surface area contributed by atoms with Gasteiger partial charge < -0.3 is 10.6 Å².